The molecular weight excluding hydrogens is 286 g/mol. The number of halogens is 1. The van der Waals surface area contributed by atoms with E-state index in [-0.39, 0.29) is 12.6 Å². The molecule has 1 heterocycles. The van der Waals surface area contributed by atoms with E-state index in [1.807, 2.05) is 12.1 Å². The smallest absolute Gasteiger partial charge is 0.339 e. The van der Waals surface area contributed by atoms with Crippen molar-refractivity contribution < 1.29 is 9.53 Å². The van der Waals surface area contributed by atoms with Crippen molar-refractivity contribution in [3.05, 3.63) is 70.2 Å². The Morgan fingerprint density at radius 3 is 2.24 bits per heavy atom. The Morgan fingerprint density at radius 2 is 1.62 bits per heavy atom. The number of nitriles is 1. The van der Waals surface area contributed by atoms with Crippen LogP contribution < -0.4 is 0 Å². The third kappa shape index (κ3) is 2.54. The maximum atomic E-state index is 12.0. The number of hydrogen-bond acceptors (Lipinski definition) is 3. The van der Waals surface area contributed by atoms with Gasteiger partial charge >= 0.3 is 5.97 Å². The van der Waals surface area contributed by atoms with Crippen molar-refractivity contribution in [1.82, 2.24) is 0 Å². The summed E-state index contributed by atoms with van der Waals surface area (Å²) in [5, 5.41) is 9.48. The lowest BCUT2D eigenvalue weighted by Crippen LogP contribution is -1.98. The van der Waals surface area contributed by atoms with Crippen LogP contribution in [-0.2, 0) is 9.53 Å². The standard InChI is InChI=1S/C17H10ClNO2/c18-14-7-5-12(6-8-14)15-10-21-17(20)16(15)13-3-1-11(9-19)2-4-13/h1-8H,10H2. The van der Waals surface area contributed by atoms with Gasteiger partial charge in [-0.1, -0.05) is 35.9 Å². The molecule has 0 aromatic heterocycles. The first-order valence-corrected chi connectivity index (χ1v) is 6.73. The van der Waals surface area contributed by atoms with Crippen molar-refractivity contribution in [2.24, 2.45) is 0 Å². The summed E-state index contributed by atoms with van der Waals surface area (Å²) >= 11 is 5.89. The summed E-state index contributed by atoms with van der Waals surface area (Å²) in [6.45, 7) is 0.246. The van der Waals surface area contributed by atoms with Gasteiger partial charge in [-0.25, -0.2) is 4.79 Å². The third-order valence-corrected chi connectivity index (χ3v) is 3.60. The topological polar surface area (TPSA) is 50.1 Å². The molecule has 2 aromatic carbocycles. The van der Waals surface area contributed by atoms with Crippen LogP contribution in [0.4, 0.5) is 0 Å². The number of carbonyl (C=O) groups excluding carboxylic acids is 1. The fourth-order valence-electron chi connectivity index (χ4n) is 2.29. The van der Waals surface area contributed by atoms with E-state index in [0.717, 1.165) is 16.7 Å². The molecule has 0 saturated carbocycles. The summed E-state index contributed by atoms with van der Waals surface area (Å²) in [5.41, 5.74) is 3.59. The second-order valence-corrected chi connectivity index (χ2v) is 5.06. The number of ether oxygens (including phenoxy) is 1. The number of hydrogen-bond donors (Lipinski definition) is 0. The van der Waals surface area contributed by atoms with Crippen LogP contribution >= 0.6 is 11.6 Å². The van der Waals surface area contributed by atoms with Crippen molar-refractivity contribution in [3.63, 3.8) is 0 Å². The molecule has 0 spiro atoms. The minimum atomic E-state index is -0.343. The zero-order valence-corrected chi connectivity index (χ0v) is 11.7. The molecule has 2 aromatic rings. The summed E-state index contributed by atoms with van der Waals surface area (Å²) in [6.07, 6.45) is 0. The summed E-state index contributed by atoms with van der Waals surface area (Å²) in [4.78, 5) is 12.0. The van der Waals surface area contributed by atoms with Gasteiger partial charge in [0.1, 0.15) is 6.61 Å². The number of rotatable bonds is 2. The molecule has 0 atom stereocenters. The highest BCUT2D eigenvalue weighted by atomic mass is 35.5. The molecule has 1 aliphatic rings. The van der Waals surface area contributed by atoms with Gasteiger partial charge in [-0.2, -0.15) is 5.26 Å². The van der Waals surface area contributed by atoms with Gasteiger partial charge in [0.05, 0.1) is 17.2 Å². The highest BCUT2D eigenvalue weighted by Crippen LogP contribution is 2.33. The maximum absolute atomic E-state index is 12.0. The number of cyclic esters (lactones) is 1. The predicted octanol–water partition coefficient (Wildman–Crippen LogP) is 3.68. The Morgan fingerprint density at radius 1 is 1.00 bits per heavy atom. The van der Waals surface area contributed by atoms with Gasteiger partial charge in [-0.05, 0) is 35.4 Å². The average Bonchev–Trinajstić information content (AvgIpc) is 2.90. The molecule has 3 nitrogen and oxygen atoms in total. The van der Waals surface area contributed by atoms with E-state index in [1.54, 1.807) is 36.4 Å². The van der Waals surface area contributed by atoms with Gasteiger partial charge in [0.2, 0.25) is 0 Å². The fourth-order valence-corrected chi connectivity index (χ4v) is 2.41. The van der Waals surface area contributed by atoms with E-state index in [2.05, 4.69) is 6.07 Å². The van der Waals surface area contributed by atoms with E-state index in [9.17, 15) is 4.79 Å². The molecule has 0 fully saturated rings. The van der Waals surface area contributed by atoms with Crippen molar-refractivity contribution in [1.29, 1.82) is 5.26 Å². The quantitative estimate of drug-likeness (QED) is 0.794. The Balaban J connectivity index is 2.10. The van der Waals surface area contributed by atoms with Crippen molar-refractivity contribution in [2.45, 2.75) is 0 Å². The lowest BCUT2D eigenvalue weighted by molar-refractivity contribution is -0.133. The summed E-state index contributed by atoms with van der Waals surface area (Å²) in [7, 11) is 0. The van der Waals surface area contributed by atoms with Crippen LogP contribution in [0.15, 0.2) is 48.5 Å². The Bertz CT molecular complexity index is 768. The lowest BCUT2D eigenvalue weighted by atomic mass is 9.96. The molecule has 0 amide bonds. The zero-order chi connectivity index (χ0) is 14.8. The SMILES string of the molecule is N#Cc1ccc(C2=C(c3ccc(Cl)cc3)COC2=O)cc1. The van der Waals surface area contributed by atoms with Gasteiger partial charge in [0.15, 0.2) is 0 Å². The number of esters is 1. The molecule has 3 rings (SSSR count). The minimum absolute atomic E-state index is 0.246. The molecular formula is C17H10ClNO2. The highest BCUT2D eigenvalue weighted by molar-refractivity contribution is 6.31. The normalized spacial score (nSPS) is 14.0. The molecule has 0 bridgehead atoms. The fraction of sp³-hybridized carbons (Fsp3) is 0.0588. The summed E-state index contributed by atoms with van der Waals surface area (Å²) < 4.78 is 5.16. The van der Waals surface area contributed by atoms with E-state index in [0.29, 0.717) is 16.2 Å². The summed E-state index contributed by atoms with van der Waals surface area (Å²) in [5.74, 6) is -0.343. The first-order valence-electron chi connectivity index (χ1n) is 6.36. The van der Waals surface area contributed by atoms with Crippen LogP contribution in [0.3, 0.4) is 0 Å². The van der Waals surface area contributed by atoms with Crippen LogP contribution in [0.5, 0.6) is 0 Å². The zero-order valence-electron chi connectivity index (χ0n) is 11.0. The van der Waals surface area contributed by atoms with E-state index in [1.165, 1.54) is 0 Å². The molecule has 0 N–H and O–H groups in total. The van der Waals surface area contributed by atoms with E-state index >= 15 is 0 Å². The predicted molar refractivity (Wildman–Crippen MR) is 80.4 cm³/mol. The summed E-state index contributed by atoms with van der Waals surface area (Å²) in [6, 6.07) is 16.2. The number of carbonyl (C=O) groups is 1. The van der Waals surface area contributed by atoms with Crippen LogP contribution in [0, 0.1) is 11.3 Å². The Kier molecular flexibility index (Phi) is 3.47. The van der Waals surface area contributed by atoms with Crippen LogP contribution in [0.1, 0.15) is 16.7 Å². The van der Waals surface area contributed by atoms with Crippen LogP contribution in [0.25, 0.3) is 11.1 Å². The van der Waals surface area contributed by atoms with Crippen molar-refractivity contribution in [2.75, 3.05) is 6.61 Å². The number of nitrogens with zero attached hydrogens (tertiary/aromatic N) is 1. The van der Waals surface area contributed by atoms with Crippen LogP contribution in [0.2, 0.25) is 5.02 Å². The molecule has 0 unspecified atom stereocenters. The highest BCUT2D eigenvalue weighted by Gasteiger charge is 2.27. The molecule has 102 valence electrons. The Labute approximate surface area is 127 Å². The molecule has 21 heavy (non-hydrogen) atoms. The Hall–Kier alpha value is -2.57. The lowest BCUT2D eigenvalue weighted by Gasteiger charge is -2.05. The van der Waals surface area contributed by atoms with Crippen molar-refractivity contribution in [3.8, 4) is 6.07 Å². The first-order chi connectivity index (χ1) is 10.2. The van der Waals surface area contributed by atoms with Gasteiger partial charge < -0.3 is 4.74 Å². The van der Waals surface area contributed by atoms with Gasteiger partial charge in [0.25, 0.3) is 0 Å². The molecule has 0 aliphatic carbocycles. The minimum Gasteiger partial charge on any atom is -0.457 e. The maximum Gasteiger partial charge on any atom is 0.339 e. The van der Waals surface area contributed by atoms with Crippen molar-refractivity contribution >= 4 is 28.7 Å². The largest absolute Gasteiger partial charge is 0.457 e. The molecule has 0 radical (unpaired) electrons. The first kappa shape index (κ1) is 13.4. The molecule has 4 heteroatoms. The monoisotopic (exact) mass is 295 g/mol. The molecule has 0 saturated heterocycles. The number of benzene rings is 2. The average molecular weight is 296 g/mol. The van der Waals surface area contributed by atoms with Crippen LogP contribution in [-0.4, -0.2) is 12.6 Å². The second-order valence-electron chi connectivity index (χ2n) is 4.63. The second kappa shape index (κ2) is 5.43. The van der Waals surface area contributed by atoms with Gasteiger partial charge in [-0.15, -0.1) is 0 Å². The van der Waals surface area contributed by atoms with E-state index in [4.69, 9.17) is 21.6 Å². The van der Waals surface area contributed by atoms with E-state index < -0.39 is 0 Å². The van der Waals surface area contributed by atoms with Gasteiger partial charge in [0, 0.05) is 10.6 Å². The third-order valence-electron chi connectivity index (χ3n) is 3.35. The van der Waals surface area contributed by atoms with Gasteiger partial charge in [-0.3, -0.25) is 0 Å². The molecule has 1 aliphatic heterocycles.